The molecule has 0 nitrogen and oxygen atoms in total. The average molecular weight is 459 g/mol. The van der Waals surface area contributed by atoms with E-state index in [1.807, 2.05) is 140 Å². The molecule has 6 heteroatoms. The Morgan fingerprint density at radius 3 is 0.375 bits per heavy atom. The molecule has 0 rings (SSSR count). The van der Waals surface area contributed by atoms with E-state index >= 15 is 0 Å². The molecule has 0 bridgehead atoms. The maximum absolute atomic E-state index is 2.14. The van der Waals surface area contributed by atoms with Crippen LogP contribution in [0, 0.1) is 0 Å². The molecular formula is C18H50S6. The molecule has 0 aromatic rings. The van der Waals surface area contributed by atoms with Crippen LogP contribution in [0.5, 0.6) is 0 Å². The van der Waals surface area contributed by atoms with Crippen LogP contribution in [0.3, 0.4) is 0 Å². The minimum absolute atomic E-state index is 0.736. The highest BCUT2D eigenvalue weighted by atomic mass is 32.3. The second-order valence-electron chi connectivity index (χ2n) is 1.99. The Bertz CT molecular complexity index is 74.5. The van der Waals surface area contributed by atoms with Crippen LogP contribution >= 0.6 is 70.6 Å². The Hall–Kier alpha value is 2.10. The fraction of sp³-hybridized carbons (Fsp3) is 1.00. The molecule has 0 aliphatic heterocycles. The lowest BCUT2D eigenvalue weighted by atomic mass is 11.0. The average Bonchev–Trinajstić information content (AvgIpc) is 2.73. The first-order valence-electron chi connectivity index (χ1n) is 8.86. The van der Waals surface area contributed by atoms with Crippen molar-refractivity contribution >= 4 is 70.6 Å². The Kier molecular flexibility index (Phi) is 138. The van der Waals surface area contributed by atoms with Gasteiger partial charge in [0.1, 0.15) is 0 Å². The highest BCUT2D eigenvalue weighted by Crippen LogP contribution is 2.28. The third-order valence-electron chi connectivity index (χ3n) is 1.15. The molecule has 0 unspecified atom stereocenters. The molecule has 0 fully saturated rings. The second kappa shape index (κ2) is 73.3. The zero-order chi connectivity index (χ0) is 21.4. The van der Waals surface area contributed by atoms with E-state index in [2.05, 4.69) is 37.5 Å². The van der Waals surface area contributed by atoms with Crippen LogP contribution in [0.15, 0.2) is 0 Å². The third kappa shape index (κ3) is 64.7. The molecule has 0 atom stereocenters. The highest BCUT2D eigenvalue weighted by molar-refractivity contribution is 8.32. The van der Waals surface area contributed by atoms with E-state index in [-0.39, 0.29) is 0 Å². The van der Waals surface area contributed by atoms with Crippen LogP contribution in [-0.2, 0) is 0 Å². The fourth-order valence-corrected chi connectivity index (χ4v) is 5.20. The quantitative estimate of drug-likeness (QED) is 0.360. The monoisotopic (exact) mass is 458 g/mol. The molecule has 0 N–H and O–H groups in total. The van der Waals surface area contributed by atoms with Gasteiger partial charge in [0.25, 0.3) is 0 Å². The minimum atomic E-state index is 0.736. The summed E-state index contributed by atoms with van der Waals surface area (Å²) >= 11 is 11.4. The molecule has 0 radical (unpaired) electrons. The largest absolute Gasteiger partial charge is 0.140 e. The number of thioether (sulfide) groups is 6. The predicted molar refractivity (Wildman–Crippen MR) is 145 cm³/mol. The van der Waals surface area contributed by atoms with Gasteiger partial charge in [-0.25, -0.2) is 0 Å². The molecular weight excluding hydrogens is 409 g/mol. The smallest absolute Gasteiger partial charge is 0.0947 e. The molecule has 0 spiro atoms. The minimum Gasteiger partial charge on any atom is -0.140 e. The summed E-state index contributed by atoms with van der Waals surface area (Å²) in [6, 6.07) is 0. The maximum atomic E-state index is 2.14. The molecule has 0 saturated heterocycles. The van der Waals surface area contributed by atoms with Gasteiger partial charge in [0.15, 0.2) is 0 Å². The first kappa shape index (κ1) is 45.1. The van der Waals surface area contributed by atoms with E-state index in [0.29, 0.717) is 0 Å². The second-order valence-corrected chi connectivity index (χ2v) is 9.44. The van der Waals surface area contributed by atoms with E-state index < -0.39 is 0 Å². The van der Waals surface area contributed by atoms with Crippen LogP contribution in [0.25, 0.3) is 0 Å². The first-order valence-corrected chi connectivity index (χ1v) is 16.6. The van der Waals surface area contributed by atoms with E-state index in [9.17, 15) is 0 Å². The summed E-state index contributed by atoms with van der Waals surface area (Å²) in [5.41, 5.74) is 0. The molecule has 0 aromatic carbocycles. The van der Waals surface area contributed by atoms with Crippen LogP contribution in [0.1, 0.15) is 69.2 Å². The van der Waals surface area contributed by atoms with Gasteiger partial charge < -0.3 is 0 Å². The van der Waals surface area contributed by atoms with Crippen molar-refractivity contribution < 1.29 is 0 Å². The summed E-state index contributed by atoms with van der Waals surface area (Å²) in [4.78, 5) is 0. The Morgan fingerprint density at radius 2 is 0.375 bits per heavy atom. The standard InChI is InChI=1S/2C4H10S3.5C2H6/c2*1-5-4(6-2)7-3;5*1-2/h2*4H,1-3H3;5*1-2H3. The summed E-state index contributed by atoms with van der Waals surface area (Å²) in [5, 5.41) is 0. The summed E-state index contributed by atoms with van der Waals surface area (Å²) < 4.78 is 1.47. The van der Waals surface area contributed by atoms with Crippen molar-refractivity contribution in [2.45, 2.75) is 77.1 Å². The van der Waals surface area contributed by atoms with Crippen molar-refractivity contribution in [1.29, 1.82) is 0 Å². The summed E-state index contributed by atoms with van der Waals surface area (Å²) in [5.74, 6) is 0. The van der Waals surface area contributed by atoms with Crippen LogP contribution in [-0.4, -0.2) is 45.4 Å². The van der Waals surface area contributed by atoms with Gasteiger partial charge in [0.05, 0.1) is 7.83 Å². The lowest BCUT2D eigenvalue weighted by Gasteiger charge is -2.04. The van der Waals surface area contributed by atoms with Gasteiger partial charge in [-0.1, -0.05) is 69.2 Å². The molecule has 158 valence electrons. The summed E-state index contributed by atoms with van der Waals surface area (Å²) in [7, 11) is 0. The highest BCUT2D eigenvalue weighted by Gasteiger charge is 1.98. The number of rotatable bonds is 6. The number of hydrogen-bond donors (Lipinski definition) is 0. The van der Waals surface area contributed by atoms with Crippen LogP contribution in [0.2, 0.25) is 0 Å². The van der Waals surface area contributed by atoms with E-state index in [0.717, 1.165) is 7.83 Å². The van der Waals surface area contributed by atoms with Crippen molar-refractivity contribution in [2.24, 2.45) is 0 Å². The lowest BCUT2D eigenvalue weighted by Crippen LogP contribution is -1.82. The normalized spacial score (nSPS) is 7.25. The Balaban J connectivity index is -0.0000000317. The Morgan fingerprint density at radius 1 is 0.292 bits per heavy atom. The lowest BCUT2D eigenvalue weighted by molar-refractivity contribution is 1.50. The van der Waals surface area contributed by atoms with Gasteiger partial charge in [-0.15, -0.1) is 70.6 Å². The zero-order valence-corrected chi connectivity index (χ0v) is 24.5. The number of hydrogen-bond acceptors (Lipinski definition) is 6. The van der Waals surface area contributed by atoms with Gasteiger partial charge in [-0.2, -0.15) is 0 Å². The van der Waals surface area contributed by atoms with Gasteiger partial charge in [-0.3, -0.25) is 0 Å². The summed E-state index contributed by atoms with van der Waals surface area (Å²) in [6.07, 6.45) is 12.8. The van der Waals surface area contributed by atoms with Crippen molar-refractivity contribution in [1.82, 2.24) is 0 Å². The predicted octanol–water partition coefficient (Wildman–Crippen LogP) is 9.85. The topological polar surface area (TPSA) is 0 Å². The van der Waals surface area contributed by atoms with Crippen molar-refractivity contribution in [3.63, 3.8) is 0 Å². The van der Waals surface area contributed by atoms with Crippen LogP contribution < -0.4 is 0 Å². The van der Waals surface area contributed by atoms with Crippen molar-refractivity contribution in [2.75, 3.05) is 37.5 Å². The fourth-order valence-electron chi connectivity index (χ4n) is 0.577. The zero-order valence-electron chi connectivity index (χ0n) is 19.6. The molecule has 0 amide bonds. The molecule has 0 aliphatic carbocycles. The molecule has 0 heterocycles. The first-order chi connectivity index (χ1) is 11.7. The van der Waals surface area contributed by atoms with Gasteiger partial charge >= 0.3 is 0 Å². The molecule has 24 heavy (non-hydrogen) atoms. The van der Waals surface area contributed by atoms with E-state index in [4.69, 9.17) is 0 Å². The summed E-state index contributed by atoms with van der Waals surface area (Å²) in [6.45, 7) is 20.0. The van der Waals surface area contributed by atoms with Crippen molar-refractivity contribution in [3.05, 3.63) is 0 Å². The van der Waals surface area contributed by atoms with E-state index in [1.165, 1.54) is 0 Å². The molecule has 0 aliphatic rings. The van der Waals surface area contributed by atoms with Gasteiger partial charge in [0, 0.05) is 0 Å². The molecule has 0 saturated carbocycles. The Labute approximate surface area is 184 Å². The van der Waals surface area contributed by atoms with Crippen LogP contribution in [0.4, 0.5) is 0 Å². The molecule has 0 aromatic heterocycles. The third-order valence-corrected chi connectivity index (χ3v) is 10.4. The van der Waals surface area contributed by atoms with Gasteiger partial charge in [-0.05, 0) is 37.5 Å². The maximum Gasteiger partial charge on any atom is 0.0947 e. The van der Waals surface area contributed by atoms with Gasteiger partial charge in [0.2, 0.25) is 0 Å². The van der Waals surface area contributed by atoms with Crippen molar-refractivity contribution in [3.8, 4) is 0 Å². The SMILES string of the molecule is CC.CC.CC.CC.CC.CSC(SC)SC.CSC(SC)SC. The van der Waals surface area contributed by atoms with E-state index in [1.54, 1.807) is 0 Å².